The Morgan fingerprint density at radius 2 is 1.89 bits per heavy atom. The second-order valence-electron chi connectivity index (χ2n) is 7.24. The van der Waals surface area contributed by atoms with Crippen molar-refractivity contribution in [3.63, 3.8) is 0 Å². The topological polar surface area (TPSA) is 108 Å². The van der Waals surface area contributed by atoms with Crippen molar-refractivity contribution in [2.75, 3.05) is 14.2 Å². The Labute approximate surface area is 209 Å². The monoisotopic (exact) mass is 515 g/mol. The molecule has 2 heterocycles. The number of pyridine rings is 1. The fourth-order valence-corrected chi connectivity index (χ4v) is 4.74. The Morgan fingerprint density at radius 1 is 1.09 bits per heavy atom. The normalized spacial score (nSPS) is 11.8. The third kappa shape index (κ3) is 5.79. The van der Waals surface area contributed by atoms with Crippen LogP contribution in [-0.4, -0.2) is 39.5 Å². The number of fused-ring (bicyclic) bond motifs is 1. The highest BCUT2D eigenvalue weighted by Crippen LogP contribution is 2.32. The lowest BCUT2D eigenvalue weighted by Crippen LogP contribution is -2.17. The molecular weight excluding hydrogens is 494 g/mol. The quantitative estimate of drug-likeness (QED) is 0.233. The summed E-state index contributed by atoms with van der Waals surface area (Å²) in [5, 5.41) is 0.642. The highest BCUT2D eigenvalue weighted by atomic mass is 35.5. The molecule has 0 amide bonds. The highest BCUT2D eigenvalue weighted by molar-refractivity contribution is 7.90. The highest BCUT2D eigenvalue weighted by Gasteiger charge is 2.26. The smallest absolute Gasteiger partial charge is 0.510 e. The summed E-state index contributed by atoms with van der Waals surface area (Å²) < 4.78 is 36.1. The van der Waals surface area contributed by atoms with Crippen LogP contribution in [0.2, 0.25) is 5.02 Å². The standard InChI is InChI=1S/C24H22ClN3O6S/c1-31-21-10-11-26-19(22(21)32-2)14-35(30)23-27-18-9-8-17(25)12-20(18)28(23)15-34-24(29)33-13-16-6-4-3-5-7-16/h3-12H,13-15H2,1-2H3. The number of halogens is 1. The van der Waals surface area contributed by atoms with Crippen LogP contribution in [0, 0.1) is 0 Å². The first-order chi connectivity index (χ1) is 17.0. The lowest BCUT2D eigenvalue weighted by atomic mass is 10.2. The van der Waals surface area contributed by atoms with Gasteiger partial charge in [0.2, 0.25) is 0 Å². The molecule has 9 nitrogen and oxygen atoms in total. The molecule has 0 saturated heterocycles. The number of ether oxygens (including phenoxy) is 4. The molecule has 0 radical (unpaired) electrons. The van der Waals surface area contributed by atoms with Gasteiger partial charge in [0.15, 0.2) is 24.0 Å². The van der Waals surface area contributed by atoms with E-state index in [1.165, 1.54) is 18.8 Å². The zero-order chi connectivity index (χ0) is 24.8. The number of hydrogen-bond acceptors (Lipinski definition) is 8. The van der Waals surface area contributed by atoms with Gasteiger partial charge in [-0.05, 0) is 23.8 Å². The number of hydrogen-bond donors (Lipinski definition) is 0. The molecular formula is C24H22ClN3O6S. The summed E-state index contributed by atoms with van der Waals surface area (Å²) in [7, 11) is 2.99. The van der Waals surface area contributed by atoms with Crippen molar-refractivity contribution in [3.8, 4) is 11.5 Å². The minimum Gasteiger partial charge on any atom is -0.609 e. The minimum atomic E-state index is -1.68. The predicted molar refractivity (Wildman–Crippen MR) is 130 cm³/mol. The fraction of sp³-hybridized carbons (Fsp3) is 0.208. The van der Waals surface area contributed by atoms with Crippen molar-refractivity contribution >= 4 is 40.0 Å². The van der Waals surface area contributed by atoms with Crippen molar-refractivity contribution in [2.45, 2.75) is 24.2 Å². The number of imidazole rings is 1. The summed E-state index contributed by atoms with van der Waals surface area (Å²) in [5.74, 6) is 0.852. The van der Waals surface area contributed by atoms with Crippen LogP contribution in [0.15, 0.2) is 66.0 Å². The van der Waals surface area contributed by atoms with E-state index in [9.17, 15) is 9.35 Å². The van der Waals surface area contributed by atoms with Crippen LogP contribution in [0.1, 0.15) is 11.3 Å². The maximum atomic E-state index is 13.4. The van der Waals surface area contributed by atoms with E-state index in [2.05, 4.69) is 9.97 Å². The van der Waals surface area contributed by atoms with Crippen LogP contribution in [0.3, 0.4) is 0 Å². The fourth-order valence-electron chi connectivity index (χ4n) is 3.39. The maximum absolute atomic E-state index is 13.4. The Kier molecular flexibility index (Phi) is 7.96. The maximum Gasteiger partial charge on any atom is 0.510 e. The summed E-state index contributed by atoms with van der Waals surface area (Å²) in [5.41, 5.74) is 2.36. The number of methoxy groups -OCH3 is 2. The van der Waals surface area contributed by atoms with E-state index >= 15 is 0 Å². The van der Waals surface area contributed by atoms with Crippen LogP contribution in [0.25, 0.3) is 11.0 Å². The Balaban J connectivity index is 1.56. The van der Waals surface area contributed by atoms with E-state index in [-0.39, 0.29) is 24.2 Å². The van der Waals surface area contributed by atoms with E-state index in [1.54, 1.807) is 30.5 Å². The van der Waals surface area contributed by atoms with Crippen LogP contribution in [0.5, 0.6) is 11.5 Å². The Morgan fingerprint density at radius 3 is 2.63 bits per heavy atom. The lowest BCUT2D eigenvalue weighted by molar-refractivity contribution is 0.0278. The van der Waals surface area contributed by atoms with Gasteiger partial charge in [-0.25, -0.2) is 9.36 Å². The van der Waals surface area contributed by atoms with E-state index < -0.39 is 17.3 Å². The van der Waals surface area contributed by atoms with Crippen molar-refractivity contribution in [3.05, 3.63) is 77.1 Å². The lowest BCUT2D eigenvalue weighted by Gasteiger charge is -2.15. The molecule has 2 aromatic carbocycles. The van der Waals surface area contributed by atoms with Gasteiger partial charge in [0, 0.05) is 28.5 Å². The van der Waals surface area contributed by atoms with Gasteiger partial charge in [0.05, 0.1) is 25.3 Å². The molecule has 0 aliphatic carbocycles. The second-order valence-corrected chi connectivity index (χ2v) is 9.02. The van der Waals surface area contributed by atoms with Gasteiger partial charge in [-0.2, -0.15) is 4.98 Å². The molecule has 0 spiro atoms. The molecule has 35 heavy (non-hydrogen) atoms. The molecule has 0 N–H and O–H groups in total. The summed E-state index contributed by atoms with van der Waals surface area (Å²) in [6, 6.07) is 15.9. The molecule has 11 heteroatoms. The van der Waals surface area contributed by atoms with E-state index in [4.69, 9.17) is 30.5 Å². The minimum absolute atomic E-state index is 0.00409. The number of rotatable bonds is 9. The first-order valence-corrected chi connectivity index (χ1v) is 12.1. The molecule has 1 atom stereocenters. The van der Waals surface area contributed by atoms with Gasteiger partial charge in [-0.3, -0.25) is 4.98 Å². The molecule has 182 valence electrons. The van der Waals surface area contributed by atoms with Crippen LogP contribution in [-0.2, 0) is 39.7 Å². The van der Waals surface area contributed by atoms with Gasteiger partial charge >= 0.3 is 11.3 Å². The summed E-state index contributed by atoms with van der Waals surface area (Å²) >= 11 is 4.50. The number of benzene rings is 2. The van der Waals surface area contributed by atoms with E-state index in [0.717, 1.165) is 5.56 Å². The second kappa shape index (κ2) is 11.3. The molecule has 0 bridgehead atoms. The Bertz CT molecular complexity index is 1320. The van der Waals surface area contributed by atoms with Crippen LogP contribution >= 0.6 is 11.6 Å². The first-order valence-electron chi connectivity index (χ1n) is 10.4. The largest absolute Gasteiger partial charge is 0.609 e. The van der Waals surface area contributed by atoms with Gasteiger partial charge in [-0.1, -0.05) is 41.9 Å². The molecule has 0 fully saturated rings. The first kappa shape index (κ1) is 24.6. The number of carbonyl (C=O) groups excluding carboxylic acids is 1. The molecule has 4 aromatic rings. The summed E-state index contributed by atoms with van der Waals surface area (Å²) in [6.45, 7) is -0.204. The number of nitrogens with zero attached hydrogens (tertiary/aromatic N) is 3. The van der Waals surface area contributed by atoms with Crippen molar-refractivity contribution < 1.29 is 28.3 Å². The van der Waals surface area contributed by atoms with E-state index in [0.29, 0.717) is 33.2 Å². The predicted octanol–water partition coefficient (Wildman–Crippen LogP) is 4.72. The van der Waals surface area contributed by atoms with Crippen LogP contribution < -0.4 is 9.47 Å². The van der Waals surface area contributed by atoms with Gasteiger partial charge in [0.25, 0.3) is 0 Å². The van der Waals surface area contributed by atoms with Gasteiger partial charge in [-0.15, -0.1) is 0 Å². The molecule has 2 aromatic heterocycles. The van der Waals surface area contributed by atoms with Crippen molar-refractivity contribution in [2.24, 2.45) is 0 Å². The van der Waals surface area contributed by atoms with Gasteiger partial charge < -0.3 is 23.5 Å². The third-order valence-electron chi connectivity index (χ3n) is 5.02. The number of carbonyl (C=O) groups is 1. The van der Waals surface area contributed by atoms with Gasteiger partial charge in [0.1, 0.15) is 12.3 Å². The van der Waals surface area contributed by atoms with Crippen LogP contribution in [0.4, 0.5) is 4.79 Å². The summed E-state index contributed by atoms with van der Waals surface area (Å²) in [6.07, 6.45) is 0.674. The molecule has 0 aliphatic rings. The van der Waals surface area contributed by atoms with Crippen molar-refractivity contribution in [1.82, 2.24) is 14.5 Å². The van der Waals surface area contributed by atoms with Crippen molar-refractivity contribution in [1.29, 1.82) is 0 Å². The third-order valence-corrected chi connectivity index (χ3v) is 6.51. The molecule has 1 unspecified atom stereocenters. The number of aromatic nitrogens is 3. The van der Waals surface area contributed by atoms with E-state index in [1.807, 2.05) is 30.3 Å². The average molecular weight is 516 g/mol. The summed E-state index contributed by atoms with van der Waals surface area (Å²) in [4.78, 5) is 21.0. The SMILES string of the molecule is COc1ccnc(C[S+]([O-])c2nc3ccc(Cl)cc3n2COC(=O)OCc2ccccc2)c1OC. The molecule has 0 aliphatic heterocycles. The average Bonchev–Trinajstić information content (AvgIpc) is 3.24. The molecule has 4 rings (SSSR count). The molecule has 0 saturated carbocycles. The Hall–Kier alpha value is -3.47. The zero-order valence-corrected chi connectivity index (χ0v) is 20.5. The zero-order valence-electron chi connectivity index (χ0n) is 19.0.